The summed E-state index contributed by atoms with van der Waals surface area (Å²) in [7, 11) is 0. The Bertz CT molecular complexity index is 1010. The van der Waals surface area contributed by atoms with Crippen molar-refractivity contribution in [3.05, 3.63) is 58.6 Å². The van der Waals surface area contributed by atoms with E-state index in [1.54, 1.807) is 29.2 Å². The molecule has 0 saturated carbocycles. The molecule has 0 aliphatic carbocycles. The number of hydrogen-bond acceptors (Lipinski definition) is 5. The van der Waals surface area contributed by atoms with Gasteiger partial charge in [-0.25, -0.2) is 0 Å². The molecule has 1 N–H and O–H groups in total. The number of carbonyl (C=O) groups excluding carboxylic acids is 4. The maximum Gasteiger partial charge on any atom is 0.289 e. The first-order chi connectivity index (χ1) is 14.4. The van der Waals surface area contributed by atoms with E-state index < -0.39 is 5.92 Å². The lowest BCUT2D eigenvalue weighted by Crippen LogP contribution is -2.33. The van der Waals surface area contributed by atoms with Crippen LogP contribution in [0.15, 0.2) is 53.0 Å². The lowest BCUT2D eigenvalue weighted by atomic mass is 10.1. The summed E-state index contributed by atoms with van der Waals surface area (Å²) >= 11 is 4.45. The average molecular weight is 488 g/mol. The molecule has 0 aromatic heterocycles. The first-order valence-corrected chi connectivity index (χ1v) is 11.1. The van der Waals surface area contributed by atoms with E-state index in [2.05, 4.69) is 21.2 Å². The van der Waals surface area contributed by atoms with E-state index in [4.69, 9.17) is 0 Å². The number of imide groups is 1. The number of hydrogen-bond donors (Lipinski definition) is 1. The molecule has 2 saturated heterocycles. The van der Waals surface area contributed by atoms with Crippen molar-refractivity contribution in [2.45, 2.75) is 13.0 Å². The van der Waals surface area contributed by atoms with Crippen LogP contribution in [0.2, 0.25) is 0 Å². The van der Waals surface area contributed by atoms with Crippen molar-refractivity contribution in [1.29, 1.82) is 0 Å². The zero-order valence-corrected chi connectivity index (χ0v) is 18.2. The number of halogens is 1. The molecule has 4 amide bonds. The van der Waals surface area contributed by atoms with Gasteiger partial charge in [0.05, 0.1) is 18.0 Å². The Morgan fingerprint density at radius 2 is 1.83 bits per heavy atom. The number of thioether (sulfide) groups is 1. The van der Waals surface area contributed by atoms with Crippen LogP contribution >= 0.6 is 27.7 Å². The minimum absolute atomic E-state index is 0.180. The molecule has 2 heterocycles. The third-order valence-corrected chi connectivity index (χ3v) is 6.60. The van der Waals surface area contributed by atoms with Crippen molar-refractivity contribution >= 4 is 62.0 Å². The van der Waals surface area contributed by atoms with Gasteiger partial charge in [-0.3, -0.25) is 24.1 Å². The van der Waals surface area contributed by atoms with Crippen LogP contribution in [0.3, 0.4) is 0 Å². The molecule has 4 rings (SSSR count). The number of para-hydroxylation sites is 1. The van der Waals surface area contributed by atoms with Crippen LogP contribution in [0.25, 0.3) is 0 Å². The first-order valence-electron chi connectivity index (χ1n) is 9.37. The normalized spacial score (nSPS) is 19.0. The third kappa shape index (κ3) is 4.13. The summed E-state index contributed by atoms with van der Waals surface area (Å²) in [4.78, 5) is 51.7. The van der Waals surface area contributed by atoms with Gasteiger partial charge >= 0.3 is 0 Å². The lowest BCUT2D eigenvalue weighted by molar-refractivity contribution is -0.129. The summed E-state index contributed by atoms with van der Waals surface area (Å²) in [6.07, 6.45) is 0.445. The average Bonchev–Trinajstić information content (AvgIpc) is 3.27. The van der Waals surface area contributed by atoms with Gasteiger partial charge in [-0.1, -0.05) is 36.0 Å². The van der Waals surface area contributed by atoms with Crippen molar-refractivity contribution in [3.63, 3.8) is 0 Å². The molecule has 154 valence electrons. The van der Waals surface area contributed by atoms with Crippen molar-refractivity contribution in [2.24, 2.45) is 5.92 Å². The molecule has 2 aromatic carbocycles. The maximum absolute atomic E-state index is 12.8. The number of nitrogens with zero attached hydrogens (tertiary/aromatic N) is 2. The van der Waals surface area contributed by atoms with E-state index >= 15 is 0 Å². The molecule has 0 spiro atoms. The lowest BCUT2D eigenvalue weighted by Gasteiger charge is -2.18. The fourth-order valence-corrected chi connectivity index (χ4v) is 4.70. The summed E-state index contributed by atoms with van der Waals surface area (Å²) in [5, 5.41) is 2.55. The second kappa shape index (κ2) is 8.61. The third-order valence-electron chi connectivity index (χ3n) is 5.07. The highest BCUT2D eigenvalue weighted by molar-refractivity contribution is 9.10. The minimum atomic E-state index is -0.742. The Morgan fingerprint density at radius 1 is 1.10 bits per heavy atom. The maximum atomic E-state index is 12.8. The summed E-state index contributed by atoms with van der Waals surface area (Å²) in [5.74, 6) is -1.33. The van der Waals surface area contributed by atoms with Crippen LogP contribution in [-0.2, 0) is 20.9 Å². The van der Waals surface area contributed by atoms with Crippen LogP contribution in [-0.4, -0.2) is 40.2 Å². The van der Waals surface area contributed by atoms with Gasteiger partial charge in [0.15, 0.2) is 0 Å². The number of amides is 4. The molecule has 1 atom stereocenters. The van der Waals surface area contributed by atoms with Gasteiger partial charge in [0.1, 0.15) is 5.92 Å². The fraction of sp³-hybridized carbons (Fsp3) is 0.238. The van der Waals surface area contributed by atoms with Gasteiger partial charge < -0.3 is 10.2 Å². The van der Waals surface area contributed by atoms with E-state index in [1.807, 2.05) is 24.3 Å². The first kappa shape index (κ1) is 20.6. The number of nitrogens with one attached hydrogen (secondary N) is 1. The van der Waals surface area contributed by atoms with Gasteiger partial charge in [-0.15, -0.1) is 0 Å². The SMILES string of the molecule is O=C(Nc1ccc(CN2C(=O)CSC2=O)cc1)C1CCN(c2ccccc2Br)C1=O. The molecule has 2 aliphatic rings. The van der Waals surface area contributed by atoms with E-state index in [9.17, 15) is 19.2 Å². The zero-order valence-electron chi connectivity index (χ0n) is 15.8. The Labute approximate surface area is 185 Å². The van der Waals surface area contributed by atoms with Gasteiger partial charge in [-0.05, 0) is 52.2 Å². The highest BCUT2D eigenvalue weighted by Gasteiger charge is 2.38. The molecule has 9 heteroatoms. The van der Waals surface area contributed by atoms with E-state index in [0.717, 1.165) is 27.5 Å². The number of anilines is 2. The van der Waals surface area contributed by atoms with Gasteiger partial charge in [0, 0.05) is 16.7 Å². The predicted molar refractivity (Wildman–Crippen MR) is 118 cm³/mol. The highest BCUT2D eigenvalue weighted by Crippen LogP contribution is 2.32. The summed E-state index contributed by atoms with van der Waals surface area (Å²) < 4.78 is 0.809. The van der Waals surface area contributed by atoms with Gasteiger partial charge in [-0.2, -0.15) is 0 Å². The summed E-state index contributed by atoms with van der Waals surface area (Å²) in [6.45, 7) is 0.690. The van der Waals surface area contributed by atoms with Crippen LogP contribution in [0.4, 0.5) is 16.2 Å². The molecule has 1 unspecified atom stereocenters. The molecule has 0 bridgehead atoms. The molecule has 2 aromatic rings. The monoisotopic (exact) mass is 487 g/mol. The fourth-order valence-electron chi connectivity index (χ4n) is 3.47. The van der Waals surface area contributed by atoms with Crippen molar-refractivity contribution in [1.82, 2.24) is 4.90 Å². The molecule has 2 aliphatic heterocycles. The largest absolute Gasteiger partial charge is 0.325 e. The zero-order chi connectivity index (χ0) is 21.3. The van der Waals surface area contributed by atoms with Gasteiger partial charge in [0.2, 0.25) is 17.7 Å². The van der Waals surface area contributed by atoms with Crippen LogP contribution in [0.1, 0.15) is 12.0 Å². The quantitative estimate of drug-likeness (QED) is 0.650. The number of rotatable bonds is 5. The molecule has 7 nitrogen and oxygen atoms in total. The second-order valence-corrected chi connectivity index (χ2v) is 8.78. The Kier molecular flexibility index (Phi) is 5.92. The molecular formula is C21H18BrN3O4S. The predicted octanol–water partition coefficient (Wildman–Crippen LogP) is 3.64. The molecule has 30 heavy (non-hydrogen) atoms. The van der Waals surface area contributed by atoms with Crippen LogP contribution in [0, 0.1) is 5.92 Å². The summed E-state index contributed by atoms with van der Waals surface area (Å²) in [5.41, 5.74) is 2.10. The Morgan fingerprint density at radius 3 is 2.50 bits per heavy atom. The number of benzene rings is 2. The van der Waals surface area contributed by atoms with Crippen molar-refractivity contribution in [2.75, 3.05) is 22.5 Å². The second-order valence-electron chi connectivity index (χ2n) is 7.00. The van der Waals surface area contributed by atoms with E-state index in [0.29, 0.717) is 18.7 Å². The van der Waals surface area contributed by atoms with Crippen molar-refractivity contribution < 1.29 is 19.2 Å². The van der Waals surface area contributed by atoms with Crippen LogP contribution in [0.5, 0.6) is 0 Å². The van der Waals surface area contributed by atoms with E-state index in [-0.39, 0.29) is 35.3 Å². The molecule has 2 fully saturated rings. The Hall–Kier alpha value is -2.65. The Balaban J connectivity index is 1.38. The minimum Gasteiger partial charge on any atom is -0.325 e. The smallest absolute Gasteiger partial charge is 0.289 e. The highest BCUT2D eigenvalue weighted by atomic mass is 79.9. The molecule has 0 radical (unpaired) electrons. The number of carbonyl (C=O) groups is 4. The standard InChI is InChI=1S/C21H18BrN3O4S/c22-16-3-1-2-4-17(16)24-10-9-15(20(24)28)19(27)23-14-7-5-13(6-8-14)11-25-18(26)12-30-21(25)29/h1-8,15H,9-12H2,(H,23,27). The summed E-state index contributed by atoms with van der Waals surface area (Å²) in [6, 6.07) is 14.3. The van der Waals surface area contributed by atoms with E-state index in [1.165, 1.54) is 4.90 Å². The van der Waals surface area contributed by atoms with Crippen LogP contribution < -0.4 is 10.2 Å². The molecular weight excluding hydrogens is 470 g/mol. The topological polar surface area (TPSA) is 86.8 Å². The van der Waals surface area contributed by atoms with Gasteiger partial charge in [0.25, 0.3) is 5.24 Å². The van der Waals surface area contributed by atoms with Crippen molar-refractivity contribution in [3.8, 4) is 0 Å².